The summed E-state index contributed by atoms with van der Waals surface area (Å²) in [5.74, 6) is 2.38. The Labute approximate surface area is 80.4 Å². The third kappa shape index (κ3) is 11.4. The van der Waals surface area contributed by atoms with Crippen molar-refractivity contribution in [2.75, 3.05) is 33.0 Å². The maximum atomic E-state index is 5.27. The van der Waals surface area contributed by atoms with Gasteiger partial charge in [0, 0.05) is 0 Å². The standard InChI is InChI=1S/C10H18O3/c1-4-5-11-6-7-12-8-9-13-10(2)3/h1,10H,5-9H2,2-3H3. The Balaban J connectivity index is 2.88. The van der Waals surface area contributed by atoms with Crippen LogP contribution in [0.3, 0.4) is 0 Å². The normalized spacial score (nSPS) is 10.3. The molecule has 0 spiro atoms. The summed E-state index contributed by atoms with van der Waals surface area (Å²) in [6.45, 7) is 6.71. The van der Waals surface area contributed by atoms with E-state index in [0.717, 1.165) is 0 Å². The lowest BCUT2D eigenvalue weighted by Gasteiger charge is -2.07. The zero-order chi connectivity index (χ0) is 9.94. The van der Waals surface area contributed by atoms with Crippen LogP contribution in [0.15, 0.2) is 0 Å². The van der Waals surface area contributed by atoms with Gasteiger partial charge in [0.1, 0.15) is 6.61 Å². The minimum absolute atomic E-state index is 0.265. The summed E-state index contributed by atoms with van der Waals surface area (Å²) in [7, 11) is 0. The lowest BCUT2D eigenvalue weighted by atomic mass is 10.5. The Morgan fingerprint density at radius 2 is 1.69 bits per heavy atom. The minimum atomic E-state index is 0.265. The molecule has 3 nitrogen and oxygen atoms in total. The summed E-state index contributed by atoms with van der Waals surface area (Å²) in [6, 6.07) is 0. The number of terminal acetylenes is 1. The van der Waals surface area contributed by atoms with Crippen LogP contribution in [0.2, 0.25) is 0 Å². The molecule has 0 heterocycles. The summed E-state index contributed by atoms with van der Waals surface area (Å²) >= 11 is 0. The van der Waals surface area contributed by atoms with Gasteiger partial charge in [-0.1, -0.05) is 5.92 Å². The Bertz CT molecular complexity index is 138. The Morgan fingerprint density at radius 1 is 1.08 bits per heavy atom. The number of rotatable bonds is 8. The predicted octanol–water partition coefficient (Wildman–Crippen LogP) is 1.08. The van der Waals surface area contributed by atoms with Crippen molar-refractivity contribution in [3.8, 4) is 12.3 Å². The monoisotopic (exact) mass is 186 g/mol. The molecule has 0 aliphatic rings. The zero-order valence-electron chi connectivity index (χ0n) is 8.41. The van der Waals surface area contributed by atoms with Gasteiger partial charge >= 0.3 is 0 Å². The second-order valence-electron chi connectivity index (χ2n) is 2.79. The van der Waals surface area contributed by atoms with Crippen molar-refractivity contribution in [1.29, 1.82) is 0 Å². The van der Waals surface area contributed by atoms with Crippen LogP contribution in [0.4, 0.5) is 0 Å². The highest BCUT2D eigenvalue weighted by atomic mass is 16.5. The number of ether oxygens (including phenoxy) is 3. The third-order valence-corrected chi connectivity index (χ3v) is 1.24. The molecule has 76 valence electrons. The molecule has 13 heavy (non-hydrogen) atoms. The van der Waals surface area contributed by atoms with Crippen LogP contribution in [0.25, 0.3) is 0 Å². The quantitative estimate of drug-likeness (QED) is 0.419. The van der Waals surface area contributed by atoms with Crippen molar-refractivity contribution in [1.82, 2.24) is 0 Å². The third-order valence-electron chi connectivity index (χ3n) is 1.24. The highest BCUT2D eigenvalue weighted by Crippen LogP contribution is 1.87. The fraction of sp³-hybridized carbons (Fsp3) is 0.800. The highest BCUT2D eigenvalue weighted by Gasteiger charge is 1.92. The molecule has 0 bridgehead atoms. The first-order valence-corrected chi connectivity index (χ1v) is 4.48. The fourth-order valence-electron chi connectivity index (χ4n) is 0.694. The lowest BCUT2D eigenvalue weighted by Crippen LogP contribution is -2.12. The van der Waals surface area contributed by atoms with Gasteiger partial charge in [0.15, 0.2) is 0 Å². The second-order valence-corrected chi connectivity index (χ2v) is 2.79. The van der Waals surface area contributed by atoms with E-state index in [1.54, 1.807) is 0 Å². The molecule has 3 heteroatoms. The van der Waals surface area contributed by atoms with Gasteiger partial charge in [0.25, 0.3) is 0 Å². The average Bonchev–Trinajstić information content (AvgIpc) is 2.09. The zero-order valence-corrected chi connectivity index (χ0v) is 8.41. The molecule has 0 radical (unpaired) electrons. The molecule has 0 rings (SSSR count). The van der Waals surface area contributed by atoms with Crippen LogP contribution in [0, 0.1) is 12.3 Å². The first-order chi connectivity index (χ1) is 6.27. The molecular formula is C10H18O3. The lowest BCUT2D eigenvalue weighted by molar-refractivity contribution is 0.00225. The van der Waals surface area contributed by atoms with Crippen LogP contribution in [0.1, 0.15) is 13.8 Å². The Hall–Kier alpha value is -0.560. The first-order valence-electron chi connectivity index (χ1n) is 4.48. The van der Waals surface area contributed by atoms with Gasteiger partial charge in [0.05, 0.1) is 32.5 Å². The van der Waals surface area contributed by atoms with E-state index >= 15 is 0 Å². The number of hydrogen-bond donors (Lipinski definition) is 0. The van der Waals surface area contributed by atoms with Crippen molar-refractivity contribution in [2.45, 2.75) is 20.0 Å². The molecule has 0 atom stereocenters. The highest BCUT2D eigenvalue weighted by molar-refractivity contribution is 4.82. The smallest absolute Gasteiger partial charge is 0.107 e. The molecule has 0 fully saturated rings. The average molecular weight is 186 g/mol. The molecular weight excluding hydrogens is 168 g/mol. The van der Waals surface area contributed by atoms with Crippen LogP contribution in [-0.2, 0) is 14.2 Å². The molecule has 0 aromatic heterocycles. The van der Waals surface area contributed by atoms with Gasteiger partial charge in [-0.25, -0.2) is 0 Å². The SMILES string of the molecule is C#CCOCCOCCOC(C)C. The van der Waals surface area contributed by atoms with Gasteiger partial charge in [-0.3, -0.25) is 0 Å². The van der Waals surface area contributed by atoms with E-state index in [4.69, 9.17) is 20.6 Å². The van der Waals surface area contributed by atoms with Crippen molar-refractivity contribution in [3.63, 3.8) is 0 Å². The summed E-state index contributed by atoms with van der Waals surface area (Å²) < 4.78 is 15.5. The minimum Gasteiger partial charge on any atom is -0.377 e. The molecule has 0 saturated carbocycles. The summed E-state index contributed by atoms with van der Waals surface area (Å²) in [6.07, 6.45) is 5.25. The maximum Gasteiger partial charge on any atom is 0.107 e. The molecule has 0 aromatic carbocycles. The molecule has 0 N–H and O–H groups in total. The Morgan fingerprint density at radius 3 is 2.31 bits per heavy atom. The van der Waals surface area contributed by atoms with Crippen LogP contribution < -0.4 is 0 Å². The summed E-state index contributed by atoms with van der Waals surface area (Å²) in [5, 5.41) is 0. The van der Waals surface area contributed by atoms with Gasteiger partial charge in [-0.15, -0.1) is 6.42 Å². The summed E-state index contributed by atoms with van der Waals surface area (Å²) in [4.78, 5) is 0. The molecule has 0 unspecified atom stereocenters. The molecule has 0 amide bonds. The molecule has 0 aliphatic carbocycles. The molecule has 0 aliphatic heterocycles. The van der Waals surface area contributed by atoms with E-state index in [0.29, 0.717) is 33.0 Å². The van der Waals surface area contributed by atoms with Crippen LogP contribution in [0.5, 0.6) is 0 Å². The van der Waals surface area contributed by atoms with Gasteiger partial charge in [-0.2, -0.15) is 0 Å². The van der Waals surface area contributed by atoms with E-state index in [-0.39, 0.29) is 6.10 Å². The van der Waals surface area contributed by atoms with Crippen molar-refractivity contribution >= 4 is 0 Å². The first kappa shape index (κ1) is 12.4. The predicted molar refractivity (Wildman–Crippen MR) is 51.6 cm³/mol. The van der Waals surface area contributed by atoms with Crippen molar-refractivity contribution in [3.05, 3.63) is 0 Å². The van der Waals surface area contributed by atoms with Crippen molar-refractivity contribution in [2.24, 2.45) is 0 Å². The van der Waals surface area contributed by atoms with Gasteiger partial charge in [-0.05, 0) is 13.8 Å². The van der Waals surface area contributed by atoms with Gasteiger partial charge < -0.3 is 14.2 Å². The van der Waals surface area contributed by atoms with E-state index in [2.05, 4.69) is 5.92 Å². The van der Waals surface area contributed by atoms with E-state index in [9.17, 15) is 0 Å². The number of hydrogen-bond acceptors (Lipinski definition) is 3. The van der Waals surface area contributed by atoms with E-state index in [1.807, 2.05) is 13.8 Å². The molecule has 0 aromatic rings. The molecule has 0 saturated heterocycles. The van der Waals surface area contributed by atoms with E-state index in [1.165, 1.54) is 0 Å². The van der Waals surface area contributed by atoms with Crippen molar-refractivity contribution < 1.29 is 14.2 Å². The summed E-state index contributed by atoms with van der Waals surface area (Å²) in [5.41, 5.74) is 0. The topological polar surface area (TPSA) is 27.7 Å². The van der Waals surface area contributed by atoms with E-state index < -0.39 is 0 Å². The van der Waals surface area contributed by atoms with Crippen LogP contribution >= 0.6 is 0 Å². The van der Waals surface area contributed by atoms with Gasteiger partial charge in [0.2, 0.25) is 0 Å². The van der Waals surface area contributed by atoms with Crippen LogP contribution in [-0.4, -0.2) is 39.1 Å². The Kier molecular flexibility index (Phi) is 9.12. The largest absolute Gasteiger partial charge is 0.377 e. The second kappa shape index (κ2) is 9.53. The maximum absolute atomic E-state index is 5.27. The fourth-order valence-corrected chi connectivity index (χ4v) is 0.694.